The highest BCUT2D eigenvalue weighted by molar-refractivity contribution is 5.78. The minimum absolute atomic E-state index is 0.0789. The Hall–Kier alpha value is -1.10. The standard InChI is InChI=1S/C15H26N2O3/c1-2-5-15(14(19)20)6-8-17(9-7-15)11-13(18)16-10-12-3-4-12/h12H,2-11H2,1H3,(H,16,18)(H,19,20). The average molecular weight is 282 g/mol. The highest BCUT2D eigenvalue weighted by Crippen LogP contribution is 2.36. The SMILES string of the molecule is CCCC1(C(=O)O)CCN(CC(=O)NCC2CC2)CC1. The Balaban J connectivity index is 1.74. The Morgan fingerprint density at radius 2 is 1.95 bits per heavy atom. The topological polar surface area (TPSA) is 69.6 Å². The zero-order chi connectivity index (χ0) is 14.6. The van der Waals surface area contributed by atoms with E-state index in [4.69, 9.17) is 0 Å². The van der Waals surface area contributed by atoms with Gasteiger partial charge in [0.25, 0.3) is 0 Å². The second-order valence-electron chi connectivity index (χ2n) is 6.36. The second-order valence-corrected chi connectivity index (χ2v) is 6.36. The van der Waals surface area contributed by atoms with Crippen LogP contribution in [0.4, 0.5) is 0 Å². The summed E-state index contributed by atoms with van der Waals surface area (Å²) >= 11 is 0. The number of nitrogens with zero attached hydrogens (tertiary/aromatic N) is 1. The first-order valence-corrected chi connectivity index (χ1v) is 7.78. The Morgan fingerprint density at radius 1 is 1.30 bits per heavy atom. The molecule has 1 saturated carbocycles. The van der Waals surface area contributed by atoms with Crippen LogP contribution in [0.3, 0.4) is 0 Å². The van der Waals surface area contributed by atoms with Gasteiger partial charge in [-0.05, 0) is 51.1 Å². The van der Waals surface area contributed by atoms with Crippen LogP contribution in [-0.2, 0) is 9.59 Å². The van der Waals surface area contributed by atoms with Crippen molar-refractivity contribution >= 4 is 11.9 Å². The monoisotopic (exact) mass is 282 g/mol. The molecule has 0 aromatic heterocycles. The van der Waals surface area contributed by atoms with Crippen LogP contribution in [-0.4, -0.2) is 48.1 Å². The molecule has 5 heteroatoms. The van der Waals surface area contributed by atoms with Crippen molar-refractivity contribution in [2.24, 2.45) is 11.3 Å². The van der Waals surface area contributed by atoms with Gasteiger partial charge < -0.3 is 10.4 Å². The molecule has 1 amide bonds. The van der Waals surface area contributed by atoms with Crippen molar-refractivity contribution in [1.82, 2.24) is 10.2 Å². The summed E-state index contributed by atoms with van der Waals surface area (Å²) in [5, 5.41) is 12.4. The van der Waals surface area contributed by atoms with E-state index < -0.39 is 11.4 Å². The van der Waals surface area contributed by atoms with Gasteiger partial charge in [-0.1, -0.05) is 13.3 Å². The summed E-state index contributed by atoms with van der Waals surface area (Å²) < 4.78 is 0. The summed E-state index contributed by atoms with van der Waals surface area (Å²) in [7, 11) is 0. The van der Waals surface area contributed by atoms with Crippen LogP contribution in [0.2, 0.25) is 0 Å². The molecule has 2 fully saturated rings. The molecule has 1 aliphatic heterocycles. The van der Waals surface area contributed by atoms with E-state index in [0.29, 0.717) is 38.4 Å². The van der Waals surface area contributed by atoms with E-state index in [9.17, 15) is 14.7 Å². The number of rotatable bonds is 7. The molecular formula is C15H26N2O3. The molecule has 0 bridgehead atoms. The van der Waals surface area contributed by atoms with E-state index >= 15 is 0 Å². The molecule has 1 heterocycles. The van der Waals surface area contributed by atoms with Gasteiger partial charge in [-0.15, -0.1) is 0 Å². The number of carboxylic acids is 1. The lowest BCUT2D eigenvalue weighted by Gasteiger charge is -2.38. The maximum Gasteiger partial charge on any atom is 0.309 e. The van der Waals surface area contributed by atoms with E-state index in [1.165, 1.54) is 12.8 Å². The van der Waals surface area contributed by atoms with Crippen LogP contribution in [0, 0.1) is 11.3 Å². The molecule has 0 aromatic carbocycles. The molecular weight excluding hydrogens is 256 g/mol. The first kappa shape index (κ1) is 15.3. The summed E-state index contributed by atoms with van der Waals surface area (Å²) in [4.78, 5) is 25.4. The fraction of sp³-hybridized carbons (Fsp3) is 0.867. The van der Waals surface area contributed by atoms with Gasteiger partial charge in [0.2, 0.25) is 5.91 Å². The quantitative estimate of drug-likeness (QED) is 0.742. The fourth-order valence-electron chi connectivity index (χ4n) is 3.03. The average Bonchev–Trinajstić information content (AvgIpc) is 3.23. The number of piperidine rings is 1. The first-order valence-electron chi connectivity index (χ1n) is 7.78. The largest absolute Gasteiger partial charge is 0.481 e. The lowest BCUT2D eigenvalue weighted by Crippen LogP contribution is -2.47. The maximum atomic E-state index is 11.8. The van der Waals surface area contributed by atoms with E-state index in [2.05, 4.69) is 10.2 Å². The van der Waals surface area contributed by atoms with Gasteiger partial charge in [0.05, 0.1) is 12.0 Å². The molecule has 2 N–H and O–H groups in total. The molecule has 5 nitrogen and oxygen atoms in total. The van der Waals surface area contributed by atoms with Crippen LogP contribution in [0.15, 0.2) is 0 Å². The van der Waals surface area contributed by atoms with Crippen molar-refractivity contribution in [3.8, 4) is 0 Å². The zero-order valence-electron chi connectivity index (χ0n) is 12.4. The van der Waals surface area contributed by atoms with Crippen LogP contribution >= 0.6 is 0 Å². The third kappa shape index (κ3) is 3.95. The van der Waals surface area contributed by atoms with Crippen molar-refractivity contribution in [2.45, 2.75) is 45.4 Å². The normalized spacial score (nSPS) is 22.4. The Labute approximate surface area is 120 Å². The molecule has 2 rings (SSSR count). The Morgan fingerprint density at radius 3 is 2.45 bits per heavy atom. The van der Waals surface area contributed by atoms with Crippen LogP contribution in [0.1, 0.15) is 45.4 Å². The highest BCUT2D eigenvalue weighted by Gasteiger charge is 2.40. The smallest absolute Gasteiger partial charge is 0.309 e. The summed E-state index contributed by atoms with van der Waals surface area (Å²) in [6.45, 7) is 4.67. The van der Waals surface area contributed by atoms with E-state index in [1.54, 1.807) is 0 Å². The number of likely N-dealkylation sites (tertiary alicyclic amines) is 1. The Bertz CT molecular complexity index is 358. The van der Waals surface area contributed by atoms with Crippen molar-refractivity contribution in [3.05, 3.63) is 0 Å². The fourth-order valence-corrected chi connectivity index (χ4v) is 3.03. The van der Waals surface area contributed by atoms with Crippen LogP contribution in [0.5, 0.6) is 0 Å². The molecule has 1 aliphatic carbocycles. The van der Waals surface area contributed by atoms with Gasteiger partial charge in [-0.25, -0.2) is 0 Å². The van der Waals surface area contributed by atoms with Crippen LogP contribution < -0.4 is 5.32 Å². The number of carboxylic acid groups (broad SMARTS) is 1. The van der Waals surface area contributed by atoms with Gasteiger partial charge in [-0.3, -0.25) is 14.5 Å². The molecule has 0 spiro atoms. The molecule has 2 aliphatic rings. The van der Waals surface area contributed by atoms with E-state index in [-0.39, 0.29) is 5.91 Å². The predicted octanol–water partition coefficient (Wildman–Crippen LogP) is 1.48. The maximum absolute atomic E-state index is 11.8. The highest BCUT2D eigenvalue weighted by atomic mass is 16.4. The lowest BCUT2D eigenvalue weighted by atomic mass is 9.75. The minimum atomic E-state index is -0.669. The van der Waals surface area contributed by atoms with Crippen molar-refractivity contribution < 1.29 is 14.7 Å². The number of nitrogens with one attached hydrogen (secondary N) is 1. The lowest BCUT2D eigenvalue weighted by molar-refractivity contribution is -0.152. The first-order chi connectivity index (χ1) is 9.55. The molecule has 1 saturated heterocycles. The number of amides is 1. The van der Waals surface area contributed by atoms with Gasteiger partial charge in [0, 0.05) is 6.54 Å². The van der Waals surface area contributed by atoms with Gasteiger partial charge in [0.1, 0.15) is 0 Å². The van der Waals surface area contributed by atoms with E-state index in [0.717, 1.165) is 19.4 Å². The van der Waals surface area contributed by atoms with Gasteiger partial charge in [0.15, 0.2) is 0 Å². The van der Waals surface area contributed by atoms with Crippen LogP contribution in [0.25, 0.3) is 0 Å². The molecule has 0 radical (unpaired) electrons. The zero-order valence-corrected chi connectivity index (χ0v) is 12.4. The van der Waals surface area contributed by atoms with Crippen molar-refractivity contribution in [1.29, 1.82) is 0 Å². The number of hydrogen-bond acceptors (Lipinski definition) is 3. The number of aliphatic carboxylic acids is 1. The summed E-state index contributed by atoms with van der Waals surface area (Å²) in [5.74, 6) is 0.108. The molecule has 20 heavy (non-hydrogen) atoms. The third-order valence-electron chi connectivity index (χ3n) is 4.65. The summed E-state index contributed by atoms with van der Waals surface area (Å²) in [5.41, 5.74) is -0.560. The summed E-state index contributed by atoms with van der Waals surface area (Å²) in [6, 6.07) is 0. The molecule has 0 aromatic rings. The number of carbonyl (C=O) groups is 2. The molecule has 0 atom stereocenters. The second kappa shape index (κ2) is 6.57. The molecule has 114 valence electrons. The third-order valence-corrected chi connectivity index (χ3v) is 4.65. The predicted molar refractivity (Wildman–Crippen MR) is 76.4 cm³/mol. The van der Waals surface area contributed by atoms with E-state index in [1.807, 2.05) is 6.92 Å². The van der Waals surface area contributed by atoms with Gasteiger partial charge >= 0.3 is 5.97 Å². The van der Waals surface area contributed by atoms with Crippen molar-refractivity contribution in [3.63, 3.8) is 0 Å². The summed E-state index contributed by atoms with van der Waals surface area (Å²) in [6.07, 6.45) is 5.43. The molecule has 0 unspecified atom stereocenters. The Kier molecular flexibility index (Phi) is 5.02. The minimum Gasteiger partial charge on any atom is -0.481 e. The van der Waals surface area contributed by atoms with Gasteiger partial charge in [-0.2, -0.15) is 0 Å². The number of hydrogen-bond donors (Lipinski definition) is 2. The van der Waals surface area contributed by atoms with Crippen molar-refractivity contribution in [2.75, 3.05) is 26.2 Å². The number of carbonyl (C=O) groups excluding carboxylic acids is 1.